The zero-order valence-electron chi connectivity index (χ0n) is 7.63. The summed E-state index contributed by atoms with van der Waals surface area (Å²) in [5.41, 5.74) is -0.117. The van der Waals surface area contributed by atoms with Crippen LogP contribution in [0.1, 0.15) is 19.8 Å². The molecule has 12 heavy (non-hydrogen) atoms. The van der Waals surface area contributed by atoms with Crippen molar-refractivity contribution in [2.45, 2.75) is 19.8 Å². The third-order valence-electron chi connectivity index (χ3n) is 3.42. The highest BCUT2D eigenvalue weighted by Crippen LogP contribution is 2.51. The standard InChI is InChI=1S/C10H15NO/c1-10(9(12)11-2)6-7-3-4-8(10)5-7/h3-4,7-8H,5-6H2,1-2H3,(H,11,12). The van der Waals surface area contributed by atoms with Gasteiger partial charge in [-0.3, -0.25) is 4.79 Å². The molecule has 3 unspecified atom stereocenters. The van der Waals surface area contributed by atoms with Gasteiger partial charge in [-0.15, -0.1) is 0 Å². The topological polar surface area (TPSA) is 29.1 Å². The van der Waals surface area contributed by atoms with Gasteiger partial charge in [0.15, 0.2) is 0 Å². The van der Waals surface area contributed by atoms with E-state index in [1.165, 1.54) is 6.42 Å². The van der Waals surface area contributed by atoms with Crippen LogP contribution in [0.15, 0.2) is 12.2 Å². The number of carbonyl (C=O) groups is 1. The van der Waals surface area contributed by atoms with Crippen molar-refractivity contribution in [1.82, 2.24) is 5.32 Å². The molecule has 0 aliphatic heterocycles. The quantitative estimate of drug-likeness (QED) is 0.584. The first-order valence-corrected chi connectivity index (χ1v) is 4.57. The Morgan fingerprint density at radius 1 is 1.58 bits per heavy atom. The predicted molar refractivity (Wildman–Crippen MR) is 47.5 cm³/mol. The molecule has 2 aliphatic rings. The first-order valence-electron chi connectivity index (χ1n) is 4.57. The van der Waals surface area contributed by atoms with Crippen molar-refractivity contribution in [3.8, 4) is 0 Å². The van der Waals surface area contributed by atoms with Gasteiger partial charge >= 0.3 is 0 Å². The Morgan fingerprint density at radius 3 is 2.75 bits per heavy atom. The van der Waals surface area contributed by atoms with Gasteiger partial charge in [0.1, 0.15) is 0 Å². The van der Waals surface area contributed by atoms with E-state index in [-0.39, 0.29) is 11.3 Å². The lowest BCUT2D eigenvalue weighted by Crippen LogP contribution is -2.39. The molecule has 0 aromatic carbocycles. The summed E-state index contributed by atoms with van der Waals surface area (Å²) in [6.45, 7) is 2.08. The molecule has 3 atom stereocenters. The van der Waals surface area contributed by atoms with Crippen molar-refractivity contribution in [1.29, 1.82) is 0 Å². The van der Waals surface area contributed by atoms with Gasteiger partial charge in [0.2, 0.25) is 5.91 Å². The Hall–Kier alpha value is -0.790. The molecule has 0 heterocycles. The average Bonchev–Trinajstić information content (AvgIpc) is 2.62. The minimum absolute atomic E-state index is 0.117. The lowest BCUT2D eigenvalue weighted by atomic mass is 9.77. The van der Waals surface area contributed by atoms with E-state index >= 15 is 0 Å². The van der Waals surface area contributed by atoms with Crippen molar-refractivity contribution in [3.05, 3.63) is 12.2 Å². The zero-order valence-corrected chi connectivity index (χ0v) is 7.63. The highest BCUT2D eigenvalue weighted by Gasteiger charge is 2.49. The maximum absolute atomic E-state index is 11.6. The molecule has 2 bridgehead atoms. The van der Waals surface area contributed by atoms with Crippen LogP contribution in [0, 0.1) is 17.3 Å². The molecule has 1 amide bonds. The number of carbonyl (C=O) groups excluding carboxylic acids is 1. The van der Waals surface area contributed by atoms with Gasteiger partial charge in [-0.05, 0) is 24.7 Å². The molecule has 0 radical (unpaired) electrons. The van der Waals surface area contributed by atoms with Gasteiger partial charge in [-0.25, -0.2) is 0 Å². The van der Waals surface area contributed by atoms with Crippen molar-refractivity contribution in [3.63, 3.8) is 0 Å². The number of allylic oxidation sites excluding steroid dienone is 2. The smallest absolute Gasteiger partial charge is 0.226 e. The van der Waals surface area contributed by atoms with Crippen LogP contribution in [0.4, 0.5) is 0 Å². The van der Waals surface area contributed by atoms with E-state index in [2.05, 4.69) is 24.4 Å². The second kappa shape index (κ2) is 2.35. The molecule has 2 rings (SSSR count). The number of fused-ring (bicyclic) bond motifs is 2. The highest BCUT2D eigenvalue weighted by molar-refractivity contribution is 5.83. The molecule has 1 fully saturated rings. The maximum atomic E-state index is 11.6. The van der Waals surface area contributed by atoms with E-state index in [1.807, 2.05) is 0 Å². The highest BCUT2D eigenvalue weighted by atomic mass is 16.2. The van der Waals surface area contributed by atoms with E-state index in [4.69, 9.17) is 0 Å². The van der Waals surface area contributed by atoms with Crippen molar-refractivity contribution in [2.75, 3.05) is 7.05 Å². The second-order valence-corrected chi connectivity index (χ2v) is 4.19. The summed E-state index contributed by atoms with van der Waals surface area (Å²) in [6, 6.07) is 0. The van der Waals surface area contributed by atoms with Crippen molar-refractivity contribution in [2.24, 2.45) is 17.3 Å². The zero-order chi connectivity index (χ0) is 8.77. The fourth-order valence-electron chi connectivity index (χ4n) is 2.64. The van der Waals surface area contributed by atoms with Crippen LogP contribution in [0.2, 0.25) is 0 Å². The summed E-state index contributed by atoms with van der Waals surface area (Å²) in [5.74, 6) is 1.36. The predicted octanol–water partition coefficient (Wildman–Crippen LogP) is 1.33. The number of rotatable bonds is 1. The normalized spacial score (nSPS) is 43.5. The number of hydrogen-bond donors (Lipinski definition) is 1. The van der Waals surface area contributed by atoms with Crippen LogP contribution in [0.25, 0.3) is 0 Å². The fourth-order valence-corrected chi connectivity index (χ4v) is 2.64. The SMILES string of the molecule is CNC(=O)C1(C)CC2C=CC1C2. The molecule has 66 valence electrons. The van der Waals surface area contributed by atoms with Crippen LogP contribution in [0.5, 0.6) is 0 Å². The van der Waals surface area contributed by atoms with Crippen LogP contribution in [-0.2, 0) is 4.79 Å². The summed E-state index contributed by atoms with van der Waals surface area (Å²) >= 11 is 0. The molecule has 2 nitrogen and oxygen atoms in total. The van der Waals surface area contributed by atoms with Crippen LogP contribution in [-0.4, -0.2) is 13.0 Å². The van der Waals surface area contributed by atoms with Gasteiger partial charge in [0.25, 0.3) is 0 Å². The third-order valence-corrected chi connectivity index (χ3v) is 3.42. The molecule has 0 saturated heterocycles. The Labute approximate surface area is 73.0 Å². The van der Waals surface area contributed by atoms with E-state index in [1.54, 1.807) is 7.05 Å². The Morgan fingerprint density at radius 2 is 2.33 bits per heavy atom. The summed E-state index contributed by atoms with van der Waals surface area (Å²) in [5, 5.41) is 2.76. The first-order chi connectivity index (χ1) is 5.66. The van der Waals surface area contributed by atoms with Crippen molar-refractivity contribution >= 4 is 5.91 Å². The second-order valence-electron chi connectivity index (χ2n) is 4.19. The summed E-state index contributed by atoms with van der Waals surface area (Å²) in [7, 11) is 1.73. The molecular formula is C10H15NO. The van der Waals surface area contributed by atoms with Gasteiger partial charge in [0, 0.05) is 7.05 Å². The summed E-state index contributed by atoms with van der Waals surface area (Å²) in [6.07, 6.45) is 6.69. The lowest BCUT2D eigenvalue weighted by molar-refractivity contribution is -0.130. The van der Waals surface area contributed by atoms with Crippen LogP contribution < -0.4 is 5.32 Å². The van der Waals surface area contributed by atoms with Crippen LogP contribution >= 0.6 is 0 Å². The molecule has 2 heteroatoms. The van der Waals surface area contributed by atoms with E-state index in [0.717, 1.165) is 6.42 Å². The summed E-state index contributed by atoms with van der Waals surface area (Å²) < 4.78 is 0. The van der Waals surface area contributed by atoms with E-state index in [9.17, 15) is 4.79 Å². The number of amides is 1. The van der Waals surface area contributed by atoms with Crippen LogP contribution in [0.3, 0.4) is 0 Å². The van der Waals surface area contributed by atoms with Gasteiger partial charge in [0.05, 0.1) is 5.41 Å². The minimum Gasteiger partial charge on any atom is -0.359 e. The van der Waals surface area contributed by atoms with E-state index in [0.29, 0.717) is 11.8 Å². The molecular weight excluding hydrogens is 150 g/mol. The number of nitrogens with one attached hydrogen (secondary N) is 1. The molecule has 2 aliphatic carbocycles. The third kappa shape index (κ3) is 0.838. The lowest BCUT2D eigenvalue weighted by Gasteiger charge is -2.28. The Kier molecular flexibility index (Phi) is 1.53. The van der Waals surface area contributed by atoms with Gasteiger partial charge in [-0.1, -0.05) is 19.1 Å². The summed E-state index contributed by atoms with van der Waals surface area (Å²) in [4.78, 5) is 11.6. The van der Waals surface area contributed by atoms with E-state index < -0.39 is 0 Å². The maximum Gasteiger partial charge on any atom is 0.226 e. The average molecular weight is 165 g/mol. The molecule has 1 N–H and O–H groups in total. The Balaban J connectivity index is 2.23. The van der Waals surface area contributed by atoms with Gasteiger partial charge < -0.3 is 5.32 Å². The molecule has 0 spiro atoms. The molecule has 1 saturated carbocycles. The van der Waals surface area contributed by atoms with Crippen molar-refractivity contribution < 1.29 is 4.79 Å². The largest absolute Gasteiger partial charge is 0.359 e. The molecule has 0 aromatic rings. The fraction of sp³-hybridized carbons (Fsp3) is 0.700. The minimum atomic E-state index is -0.117. The monoisotopic (exact) mass is 165 g/mol. The first kappa shape index (κ1) is 7.84. The van der Waals surface area contributed by atoms with Gasteiger partial charge in [-0.2, -0.15) is 0 Å². The Bertz CT molecular complexity index is 246. The number of hydrogen-bond acceptors (Lipinski definition) is 1. The molecule has 0 aromatic heterocycles.